The van der Waals surface area contributed by atoms with E-state index in [2.05, 4.69) is 10.6 Å². The second kappa shape index (κ2) is 10.8. The Morgan fingerprint density at radius 1 is 1.13 bits per heavy atom. The molecule has 1 aliphatic heterocycles. The number of ether oxygens (including phenoxy) is 1. The van der Waals surface area contributed by atoms with Crippen molar-refractivity contribution in [3.8, 4) is 5.75 Å². The van der Waals surface area contributed by atoms with Gasteiger partial charge in [-0.2, -0.15) is 0 Å². The number of benzene rings is 1. The van der Waals surface area contributed by atoms with E-state index in [1.165, 1.54) is 12.8 Å². The molecule has 0 bridgehead atoms. The Balaban J connectivity index is 0.00000272. The van der Waals surface area contributed by atoms with Gasteiger partial charge in [0.15, 0.2) is 0 Å². The summed E-state index contributed by atoms with van der Waals surface area (Å²) >= 11 is 0. The number of hydrogen-bond donors (Lipinski definition) is 2. The van der Waals surface area contributed by atoms with Gasteiger partial charge in [-0.1, -0.05) is 0 Å². The number of aryl methyl sites for hydroxylation is 1. The van der Waals surface area contributed by atoms with Crippen LogP contribution in [-0.2, 0) is 6.54 Å². The quantitative estimate of drug-likeness (QED) is 0.700. The van der Waals surface area contributed by atoms with E-state index in [1.54, 1.807) is 17.7 Å². The number of rotatable bonds is 6. The number of nitrogens with one attached hydrogen (secondary N) is 2. The van der Waals surface area contributed by atoms with Crippen LogP contribution in [0.25, 0.3) is 0 Å². The van der Waals surface area contributed by atoms with Gasteiger partial charge in [-0.25, -0.2) is 0 Å². The molecule has 1 saturated carbocycles. The number of hydrogen-bond acceptors (Lipinski definition) is 4. The van der Waals surface area contributed by atoms with Gasteiger partial charge in [-0.3, -0.25) is 9.59 Å². The van der Waals surface area contributed by atoms with Crippen molar-refractivity contribution in [3.63, 3.8) is 0 Å². The summed E-state index contributed by atoms with van der Waals surface area (Å²) in [6, 6.07) is 9.25. The summed E-state index contributed by atoms with van der Waals surface area (Å²) in [4.78, 5) is 25.9. The molecule has 7 heteroatoms. The van der Waals surface area contributed by atoms with E-state index in [-0.39, 0.29) is 29.4 Å². The van der Waals surface area contributed by atoms with Gasteiger partial charge in [-0.15, -0.1) is 12.4 Å². The second-order valence-electron chi connectivity index (χ2n) is 8.55. The van der Waals surface area contributed by atoms with E-state index in [1.807, 2.05) is 30.3 Å². The zero-order chi connectivity index (χ0) is 20.9. The molecular weight excluding hydrogens is 414 g/mol. The summed E-state index contributed by atoms with van der Waals surface area (Å²) in [5, 5.41) is 6.25. The van der Waals surface area contributed by atoms with Crippen molar-refractivity contribution in [2.75, 3.05) is 18.4 Å². The maximum atomic E-state index is 13.0. The first-order chi connectivity index (χ1) is 14.6. The van der Waals surface area contributed by atoms with Crippen LogP contribution in [0.3, 0.4) is 0 Å². The van der Waals surface area contributed by atoms with Crippen molar-refractivity contribution >= 4 is 24.0 Å². The molecule has 2 aromatic rings. The zero-order valence-electron chi connectivity index (χ0n) is 18.1. The molecule has 31 heavy (non-hydrogen) atoms. The molecule has 2 heterocycles. The van der Waals surface area contributed by atoms with E-state index in [0.29, 0.717) is 29.8 Å². The Kier molecular flexibility index (Phi) is 8.15. The third-order valence-electron chi connectivity index (χ3n) is 6.17. The Bertz CT molecular complexity index is 930. The molecule has 2 N–H and O–H groups in total. The average Bonchev–Trinajstić information content (AvgIpc) is 3.26. The van der Waals surface area contributed by atoms with E-state index in [9.17, 15) is 9.59 Å². The number of carbonyl (C=O) groups excluding carboxylic acids is 1. The molecule has 1 aromatic heterocycles. The van der Waals surface area contributed by atoms with Crippen LogP contribution < -0.4 is 20.9 Å². The van der Waals surface area contributed by atoms with Crippen LogP contribution in [0.5, 0.6) is 5.75 Å². The normalized spacial score (nSPS) is 18.9. The van der Waals surface area contributed by atoms with E-state index in [0.717, 1.165) is 44.5 Å². The lowest BCUT2D eigenvalue weighted by Gasteiger charge is -2.23. The number of anilines is 1. The SMILES string of the molecule is Cc1ccn(CC2CCCNC2)c(=O)c1C(=O)Nc1ccc(OC2CCCC2)cc1.Cl. The highest BCUT2D eigenvalue weighted by Gasteiger charge is 2.20. The fraction of sp³-hybridized carbons (Fsp3) is 0.500. The minimum Gasteiger partial charge on any atom is -0.490 e. The molecule has 1 saturated heterocycles. The van der Waals surface area contributed by atoms with Crippen LogP contribution in [0, 0.1) is 12.8 Å². The molecule has 6 nitrogen and oxygen atoms in total. The maximum Gasteiger partial charge on any atom is 0.263 e. The van der Waals surface area contributed by atoms with Gasteiger partial charge in [0.05, 0.1) is 6.10 Å². The first kappa shape index (κ1) is 23.4. The van der Waals surface area contributed by atoms with Crippen molar-refractivity contribution < 1.29 is 9.53 Å². The predicted molar refractivity (Wildman–Crippen MR) is 126 cm³/mol. The molecule has 2 aliphatic rings. The average molecular weight is 446 g/mol. The lowest BCUT2D eigenvalue weighted by Crippen LogP contribution is -2.36. The molecule has 1 aliphatic carbocycles. The predicted octanol–water partition coefficient (Wildman–Crippen LogP) is 4.15. The Labute approximate surface area is 189 Å². The topological polar surface area (TPSA) is 72.4 Å². The molecule has 1 amide bonds. The number of nitrogens with zero attached hydrogens (tertiary/aromatic N) is 1. The Morgan fingerprint density at radius 3 is 2.55 bits per heavy atom. The first-order valence-corrected chi connectivity index (χ1v) is 11.1. The van der Waals surface area contributed by atoms with Gasteiger partial charge >= 0.3 is 0 Å². The molecule has 1 unspecified atom stereocenters. The van der Waals surface area contributed by atoms with Gasteiger partial charge in [-0.05, 0) is 100 Å². The molecule has 4 rings (SSSR count). The minimum atomic E-state index is -0.363. The third-order valence-corrected chi connectivity index (χ3v) is 6.17. The summed E-state index contributed by atoms with van der Waals surface area (Å²) < 4.78 is 7.65. The van der Waals surface area contributed by atoms with Crippen LogP contribution >= 0.6 is 12.4 Å². The molecule has 1 aromatic carbocycles. The lowest BCUT2D eigenvalue weighted by atomic mass is 9.99. The summed E-state index contributed by atoms with van der Waals surface area (Å²) in [5.74, 6) is 0.875. The van der Waals surface area contributed by atoms with Gasteiger partial charge in [0.25, 0.3) is 11.5 Å². The summed E-state index contributed by atoms with van der Waals surface area (Å²) in [6.07, 6.45) is 8.99. The highest BCUT2D eigenvalue weighted by atomic mass is 35.5. The highest BCUT2D eigenvalue weighted by Crippen LogP contribution is 2.25. The molecule has 2 fully saturated rings. The number of aromatic nitrogens is 1. The third kappa shape index (κ3) is 5.89. The lowest BCUT2D eigenvalue weighted by molar-refractivity contribution is 0.102. The number of piperidine rings is 1. The summed E-state index contributed by atoms with van der Waals surface area (Å²) in [6.45, 7) is 4.40. The van der Waals surface area contributed by atoms with E-state index < -0.39 is 0 Å². The minimum absolute atomic E-state index is 0. The van der Waals surface area contributed by atoms with Gasteiger partial charge in [0.1, 0.15) is 11.3 Å². The Morgan fingerprint density at radius 2 is 1.87 bits per heavy atom. The summed E-state index contributed by atoms with van der Waals surface area (Å²) in [7, 11) is 0. The number of halogens is 1. The Hall–Kier alpha value is -2.31. The van der Waals surface area contributed by atoms with Gasteiger partial charge in [0.2, 0.25) is 0 Å². The van der Waals surface area contributed by atoms with Crippen molar-refractivity contribution in [2.24, 2.45) is 5.92 Å². The van der Waals surface area contributed by atoms with Crippen LogP contribution in [0.2, 0.25) is 0 Å². The van der Waals surface area contributed by atoms with Crippen molar-refractivity contribution in [2.45, 2.75) is 58.1 Å². The molecule has 1 atom stereocenters. The molecule has 0 radical (unpaired) electrons. The highest BCUT2D eigenvalue weighted by molar-refractivity contribution is 6.05. The van der Waals surface area contributed by atoms with Crippen LogP contribution in [0.15, 0.2) is 41.3 Å². The largest absolute Gasteiger partial charge is 0.490 e. The van der Waals surface area contributed by atoms with Crippen molar-refractivity contribution in [1.82, 2.24) is 9.88 Å². The standard InChI is InChI=1S/C24H31N3O3.ClH/c1-17-12-14-27(16-18-5-4-13-25-15-18)24(29)22(17)23(28)26-19-8-10-21(11-9-19)30-20-6-2-3-7-20;/h8-12,14,18,20,25H,2-7,13,15-16H2,1H3,(H,26,28);1H. The van der Waals surface area contributed by atoms with Crippen molar-refractivity contribution in [1.29, 1.82) is 0 Å². The monoisotopic (exact) mass is 445 g/mol. The van der Waals surface area contributed by atoms with Crippen LogP contribution in [-0.4, -0.2) is 29.7 Å². The van der Waals surface area contributed by atoms with Crippen molar-refractivity contribution in [3.05, 3.63) is 58.0 Å². The fourth-order valence-electron chi connectivity index (χ4n) is 4.45. The van der Waals surface area contributed by atoms with Gasteiger partial charge < -0.3 is 19.9 Å². The molecule has 0 spiro atoms. The number of carbonyl (C=O) groups is 1. The van der Waals surface area contributed by atoms with Crippen LogP contribution in [0.4, 0.5) is 5.69 Å². The van der Waals surface area contributed by atoms with Gasteiger partial charge in [0, 0.05) is 18.4 Å². The number of pyridine rings is 1. The van der Waals surface area contributed by atoms with E-state index >= 15 is 0 Å². The maximum absolute atomic E-state index is 13.0. The number of amides is 1. The fourth-order valence-corrected chi connectivity index (χ4v) is 4.45. The molecular formula is C24H32ClN3O3. The zero-order valence-corrected chi connectivity index (χ0v) is 18.9. The second-order valence-corrected chi connectivity index (χ2v) is 8.55. The van der Waals surface area contributed by atoms with Crippen LogP contribution in [0.1, 0.15) is 54.4 Å². The summed E-state index contributed by atoms with van der Waals surface area (Å²) in [5.41, 5.74) is 1.34. The van der Waals surface area contributed by atoms with E-state index in [4.69, 9.17) is 4.74 Å². The smallest absolute Gasteiger partial charge is 0.263 e. The first-order valence-electron chi connectivity index (χ1n) is 11.1. The molecule has 168 valence electrons.